The number of nitriles is 1. The van der Waals surface area contributed by atoms with Crippen LogP contribution in [0.3, 0.4) is 0 Å². The molecule has 11 heteroatoms. The van der Waals surface area contributed by atoms with E-state index in [0.29, 0.717) is 37.8 Å². The molecule has 0 N–H and O–H groups in total. The van der Waals surface area contributed by atoms with E-state index < -0.39 is 15.9 Å². The first-order valence-electron chi connectivity index (χ1n) is 11.3. The number of thiophene rings is 1. The Bertz CT molecular complexity index is 1490. The molecule has 4 aromatic rings. The van der Waals surface area contributed by atoms with Crippen LogP contribution in [-0.2, 0) is 14.8 Å². The second-order valence-corrected chi connectivity index (χ2v) is 10.7. The third kappa shape index (κ3) is 4.79. The van der Waals surface area contributed by atoms with E-state index in [2.05, 4.69) is 20.7 Å². The molecular formula is C25H22N6O3S2. The van der Waals surface area contributed by atoms with Gasteiger partial charge in [0.1, 0.15) is 10.1 Å². The minimum Gasteiger partial charge on any atom is -0.378 e. The zero-order valence-electron chi connectivity index (χ0n) is 19.1. The zero-order valence-corrected chi connectivity index (χ0v) is 20.8. The number of hydrogen-bond acceptors (Lipinski definition) is 8. The van der Waals surface area contributed by atoms with Crippen molar-refractivity contribution in [3.63, 3.8) is 0 Å². The van der Waals surface area contributed by atoms with Crippen LogP contribution in [0.4, 0.5) is 5.95 Å². The SMILES string of the molecule is N#C[C@@H](C(=NS(=O)(=O)c1cccs1)c1ccccc1)c1nnc(N2CCOCC2)n1-c1ccccc1. The summed E-state index contributed by atoms with van der Waals surface area (Å²) >= 11 is 1.08. The first-order chi connectivity index (χ1) is 17.6. The van der Waals surface area contributed by atoms with Crippen LogP contribution in [0, 0.1) is 11.3 Å². The molecular weight excluding hydrogens is 496 g/mol. The molecule has 36 heavy (non-hydrogen) atoms. The van der Waals surface area contributed by atoms with Crippen molar-refractivity contribution in [2.75, 3.05) is 31.2 Å². The van der Waals surface area contributed by atoms with Crippen LogP contribution in [0.1, 0.15) is 17.3 Å². The second-order valence-electron chi connectivity index (χ2n) is 7.94. The Morgan fingerprint density at radius 3 is 2.33 bits per heavy atom. The van der Waals surface area contributed by atoms with Gasteiger partial charge in [-0.15, -0.1) is 21.5 Å². The van der Waals surface area contributed by atoms with Crippen LogP contribution in [0.2, 0.25) is 0 Å². The highest BCUT2D eigenvalue weighted by molar-refractivity contribution is 7.92. The topological polar surface area (TPSA) is 113 Å². The largest absolute Gasteiger partial charge is 0.378 e. The molecule has 2 aromatic heterocycles. The summed E-state index contributed by atoms with van der Waals surface area (Å²) in [5.41, 5.74) is 1.36. The van der Waals surface area contributed by atoms with Crippen molar-refractivity contribution in [1.82, 2.24) is 14.8 Å². The minimum absolute atomic E-state index is 0.0876. The maximum Gasteiger partial charge on any atom is 0.292 e. The number of rotatable bonds is 7. The van der Waals surface area contributed by atoms with Crippen LogP contribution in [-0.4, -0.2) is 55.2 Å². The van der Waals surface area contributed by atoms with E-state index in [1.54, 1.807) is 40.3 Å². The number of para-hydroxylation sites is 1. The minimum atomic E-state index is -4.05. The first kappa shape index (κ1) is 23.9. The fraction of sp³-hybridized carbons (Fsp3) is 0.200. The first-order valence-corrected chi connectivity index (χ1v) is 13.6. The maximum absolute atomic E-state index is 13.2. The van der Waals surface area contributed by atoms with Gasteiger partial charge in [0.25, 0.3) is 10.0 Å². The fourth-order valence-electron chi connectivity index (χ4n) is 3.97. The van der Waals surface area contributed by atoms with Gasteiger partial charge in [-0.05, 0) is 29.1 Å². The molecule has 1 saturated heterocycles. The lowest BCUT2D eigenvalue weighted by atomic mass is 9.97. The molecule has 0 amide bonds. The fourth-order valence-corrected chi connectivity index (χ4v) is 6.00. The third-order valence-corrected chi connectivity index (χ3v) is 8.34. The van der Waals surface area contributed by atoms with Crippen LogP contribution >= 0.6 is 11.3 Å². The normalized spacial score (nSPS) is 15.4. The zero-order chi connectivity index (χ0) is 25.0. The molecule has 0 spiro atoms. The number of anilines is 1. The number of hydrogen-bond donors (Lipinski definition) is 0. The number of sulfonamides is 1. The van der Waals surface area contributed by atoms with Crippen molar-refractivity contribution in [1.29, 1.82) is 5.26 Å². The monoisotopic (exact) mass is 518 g/mol. The van der Waals surface area contributed by atoms with E-state index in [1.807, 2.05) is 41.3 Å². The molecule has 0 saturated carbocycles. The van der Waals surface area contributed by atoms with Gasteiger partial charge in [-0.3, -0.25) is 4.57 Å². The highest BCUT2D eigenvalue weighted by Gasteiger charge is 2.31. The third-order valence-electron chi connectivity index (χ3n) is 5.68. The smallest absolute Gasteiger partial charge is 0.292 e. The van der Waals surface area contributed by atoms with Gasteiger partial charge < -0.3 is 9.64 Å². The summed E-state index contributed by atoms with van der Waals surface area (Å²) in [5.74, 6) is -0.257. The molecule has 0 bridgehead atoms. The number of aromatic nitrogens is 3. The van der Waals surface area contributed by atoms with Crippen molar-refractivity contribution >= 4 is 33.0 Å². The van der Waals surface area contributed by atoms with E-state index in [0.717, 1.165) is 17.0 Å². The summed E-state index contributed by atoms with van der Waals surface area (Å²) in [7, 11) is -4.05. The molecule has 3 heterocycles. The molecule has 9 nitrogen and oxygen atoms in total. The molecule has 5 rings (SSSR count). The molecule has 0 radical (unpaired) electrons. The van der Waals surface area contributed by atoms with Gasteiger partial charge in [-0.25, -0.2) is 0 Å². The molecule has 2 aromatic carbocycles. The maximum atomic E-state index is 13.2. The molecule has 1 aliphatic rings. The number of benzene rings is 2. The quantitative estimate of drug-likeness (QED) is 0.343. The van der Waals surface area contributed by atoms with Crippen molar-refractivity contribution < 1.29 is 13.2 Å². The van der Waals surface area contributed by atoms with Crippen molar-refractivity contribution in [3.8, 4) is 11.8 Å². The lowest BCUT2D eigenvalue weighted by molar-refractivity contribution is 0.122. The number of ether oxygens (including phenoxy) is 1. The Morgan fingerprint density at radius 2 is 1.69 bits per heavy atom. The summed E-state index contributed by atoms with van der Waals surface area (Å²) in [6.07, 6.45) is 0. The van der Waals surface area contributed by atoms with Crippen molar-refractivity contribution in [3.05, 3.63) is 89.6 Å². The van der Waals surface area contributed by atoms with E-state index in [-0.39, 0.29) is 15.7 Å². The Labute approximate surface area is 213 Å². The van der Waals surface area contributed by atoms with Gasteiger partial charge in [-0.2, -0.15) is 18.1 Å². The summed E-state index contributed by atoms with van der Waals surface area (Å²) in [6, 6.07) is 23.7. The lowest BCUT2D eigenvalue weighted by Gasteiger charge is -2.28. The summed E-state index contributed by atoms with van der Waals surface area (Å²) in [6.45, 7) is 2.34. The Hall–Kier alpha value is -3.85. The van der Waals surface area contributed by atoms with Gasteiger partial charge in [0.2, 0.25) is 5.95 Å². The average Bonchev–Trinajstić information content (AvgIpc) is 3.62. The average molecular weight is 519 g/mol. The Kier molecular flexibility index (Phi) is 6.90. The van der Waals surface area contributed by atoms with E-state index in [1.165, 1.54) is 6.07 Å². The summed E-state index contributed by atoms with van der Waals surface area (Å²) < 4.78 is 38.0. The van der Waals surface area contributed by atoms with E-state index in [4.69, 9.17) is 4.74 Å². The molecule has 0 unspecified atom stereocenters. The van der Waals surface area contributed by atoms with Gasteiger partial charge in [0.05, 0.1) is 30.7 Å². The van der Waals surface area contributed by atoms with Crippen LogP contribution in [0.15, 0.2) is 86.8 Å². The van der Waals surface area contributed by atoms with Crippen molar-refractivity contribution in [2.45, 2.75) is 10.1 Å². The van der Waals surface area contributed by atoms with Gasteiger partial charge >= 0.3 is 0 Å². The lowest BCUT2D eigenvalue weighted by Crippen LogP contribution is -2.38. The van der Waals surface area contributed by atoms with Crippen LogP contribution < -0.4 is 4.90 Å². The molecule has 0 aliphatic carbocycles. The molecule has 1 aliphatic heterocycles. The van der Waals surface area contributed by atoms with E-state index in [9.17, 15) is 13.7 Å². The Balaban J connectivity index is 1.70. The highest BCUT2D eigenvalue weighted by atomic mass is 32.2. The van der Waals surface area contributed by atoms with E-state index >= 15 is 0 Å². The molecule has 1 fully saturated rings. The van der Waals surface area contributed by atoms with Gasteiger partial charge in [0, 0.05) is 13.1 Å². The predicted molar refractivity (Wildman–Crippen MR) is 137 cm³/mol. The molecule has 1 atom stereocenters. The number of nitrogens with zero attached hydrogens (tertiary/aromatic N) is 6. The summed E-state index contributed by atoms with van der Waals surface area (Å²) in [4.78, 5) is 2.04. The Morgan fingerprint density at radius 1 is 1.00 bits per heavy atom. The number of morpholine rings is 1. The second kappa shape index (κ2) is 10.4. The van der Waals surface area contributed by atoms with Crippen molar-refractivity contribution in [2.24, 2.45) is 4.40 Å². The van der Waals surface area contributed by atoms with Crippen LogP contribution in [0.5, 0.6) is 0 Å². The predicted octanol–water partition coefficient (Wildman–Crippen LogP) is 3.65. The van der Waals surface area contributed by atoms with Gasteiger partial charge in [0.15, 0.2) is 5.82 Å². The molecule has 182 valence electrons. The summed E-state index contributed by atoms with van der Waals surface area (Å²) in [5, 5.41) is 20.9. The highest BCUT2D eigenvalue weighted by Crippen LogP contribution is 2.30. The van der Waals surface area contributed by atoms with Crippen LogP contribution in [0.25, 0.3) is 5.69 Å². The standard InChI is InChI=1S/C25H22N6O3S2/c26-18-21(23(19-8-3-1-4-9-19)29-36(32,33)22-12-7-17-35-22)24-27-28-25(30-13-15-34-16-14-30)31(24)20-10-5-2-6-11-20/h1-12,17,21H,13-16H2/t21-/m0/s1. The van der Waals surface area contributed by atoms with Gasteiger partial charge in [-0.1, -0.05) is 54.6 Å².